The van der Waals surface area contributed by atoms with Crippen LogP contribution in [0.1, 0.15) is 111 Å². The Labute approximate surface area is 628 Å². The standard InChI is InChI=1S/C101H88N4S/c1-4-17-72(18-5-1)74-33-40-84(41-34-74)102(85-43-36-80(37-44-85)100-62-68-53-69(63-100)55-70(54-68)64-100)87-47-49-88(50-48-87)105(92-51-52-95-94-30-11-13-32-97(94)106-98(95)61-92)96-31-12-10-29-93(96)76-21-15-22-77(58-76)99-78-56-71-57-79(99)67-101(65-71,66-78)81-38-45-86(46-39-81)103(82-23-6-2-7-24-82)89-27-16-28-90(60-89)104(83-25-8-3-9-26-83)91-42-35-73-19-14-20-75(73)59-91/h1-13,15-18,21-52,58-61,68-71,78-79,99H,14,19-20,53-57,62-67H2. The number of hydrogen-bond acceptors (Lipinski definition) is 5. The Hall–Kier alpha value is -10.7. The molecule has 13 aromatic carbocycles. The molecule has 23 rings (SSSR count). The van der Waals surface area contributed by atoms with Crippen molar-refractivity contribution in [1.82, 2.24) is 0 Å². The lowest BCUT2D eigenvalue weighted by Crippen LogP contribution is -2.52. The third-order valence-electron chi connectivity index (χ3n) is 26.4. The van der Waals surface area contributed by atoms with E-state index in [1.165, 1.54) is 171 Å². The normalized spacial score (nSPS) is 22.9. The second-order valence-electron chi connectivity index (χ2n) is 32.8. The molecule has 14 aromatic rings. The number of nitrogens with zero attached hydrogens (tertiary/aromatic N) is 4. The van der Waals surface area contributed by atoms with Gasteiger partial charge in [-0.25, -0.2) is 0 Å². The van der Waals surface area contributed by atoms with E-state index >= 15 is 0 Å². The zero-order valence-corrected chi connectivity index (χ0v) is 61.1. The lowest BCUT2D eigenvalue weighted by molar-refractivity contribution is -0.0256. The third-order valence-corrected chi connectivity index (χ3v) is 27.6. The van der Waals surface area contributed by atoms with Crippen LogP contribution in [0.25, 0.3) is 42.4 Å². The predicted molar refractivity (Wildman–Crippen MR) is 445 cm³/mol. The van der Waals surface area contributed by atoms with E-state index in [1.807, 2.05) is 11.3 Å². The molecule has 2 atom stereocenters. The molecule has 0 saturated heterocycles. The van der Waals surface area contributed by atoms with Gasteiger partial charge in [0.15, 0.2) is 0 Å². The Bertz CT molecular complexity index is 5520. The smallest absolute Gasteiger partial charge is 0.0540 e. The predicted octanol–water partition coefficient (Wildman–Crippen LogP) is 28.1. The number of aryl methyl sites for hydroxylation is 2. The maximum Gasteiger partial charge on any atom is 0.0540 e. The number of para-hydroxylation sites is 3. The van der Waals surface area contributed by atoms with E-state index in [9.17, 15) is 0 Å². The molecule has 5 heteroatoms. The third kappa shape index (κ3) is 11.3. The summed E-state index contributed by atoms with van der Waals surface area (Å²) in [7, 11) is 0. The first kappa shape index (κ1) is 63.7. The molecule has 518 valence electrons. The van der Waals surface area contributed by atoms with E-state index in [-0.39, 0.29) is 5.41 Å². The monoisotopic (exact) mass is 1390 g/mol. The molecule has 0 radical (unpaired) electrons. The second kappa shape index (κ2) is 26.1. The van der Waals surface area contributed by atoms with Crippen LogP contribution in [0, 0.1) is 35.5 Å². The van der Waals surface area contributed by atoms with Gasteiger partial charge in [0.1, 0.15) is 0 Å². The van der Waals surface area contributed by atoms with Gasteiger partial charge >= 0.3 is 0 Å². The van der Waals surface area contributed by atoms with Gasteiger partial charge in [-0.1, -0.05) is 182 Å². The first-order valence-corrected chi connectivity index (χ1v) is 40.3. The molecule has 0 aliphatic heterocycles. The van der Waals surface area contributed by atoms with E-state index in [1.54, 1.807) is 5.56 Å². The van der Waals surface area contributed by atoms with Crippen LogP contribution >= 0.6 is 11.3 Å². The lowest BCUT2D eigenvalue weighted by Gasteiger charge is -2.60. The molecule has 2 unspecified atom stereocenters. The van der Waals surface area contributed by atoms with Gasteiger partial charge in [0.05, 0.1) is 5.69 Å². The number of rotatable bonds is 17. The summed E-state index contributed by atoms with van der Waals surface area (Å²) in [6.45, 7) is 0. The molecule has 4 nitrogen and oxygen atoms in total. The quantitative estimate of drug-likeness (QED) is 0.0901. The summed E-state index contributed by atoms with van der Waals surface area (Å²) in [5, 5.41) is 2.63. The summed E-state index contributed by atoms with van der Waals surface area (Å²) in [4.78, 5) is 9.92. The average molecular weight is 1390 g/mol. The van der Waals surface area contributed by atoms with E-state index < -0.39 is 0 Å². The zero-order chi connectivity index (χ0) is 69.9. The van der Waals surface area contributed by atoms with Crippen LogP contribution in [0.3, 0.4) is 0 Å². The van der Waals surface area contributed by atoms with Crippen molar-refractivity contribution in [1.29, 1.82) is 0 Å². The van der Waals surface area contributed by atoms with Gasteiger partial charge in [-0.2, -0.15) is 0 Å². The van der Waals surface area contributed by atoms with E-state index in [2.05, 4.69) is 341 Å². The van der Waals surface area contributed by atoms with Crippen molar-refractivity contribution in [3.05, 3.63) is 349 Å². The highest BCUT2D eigenvalue weighted by molar-refractivity contribution is 7.25. The Morgan fingerprint density at radius 1 is 0.274 bits per heavy atom. The highest BCUT2D eigenvalue weighted by atomic mass is 32.1. The molecule has 8 fully saturated rings. The summed E-state index contributed by atoms with van der Waals surface area (Å²) < 4.78 is 2.62. The van der Waals surface area contributed by atoms with E-state index in [0.29, 0.717) is 23.2 Å². The second-order valence-corrected chi connectivity index (χ2v) is 33.8. The van der Waals surface area contributed by atoms with Crippen molar-refractivity contribution >= 4 is 99.8 Å². The number of thiophene rings is 1. The van der Waals surface area contributed by atoms with Gasteiger partial charge in [0.25, 0.3) is 0 Å². The summed E-state index contributed by atoms with van der Waals surface area (Å²) in [6, 6.07) is 123. The van der Waals surface area contributed by atoms with Crippen LogP contribution < -0.4 is 19.6 Å². The Kier molecular flexibility index (Phi) is 15.7. The highest BCUT2D eigenvalue weighted by Crippen LogP contribution is 2.66. The van der Waals surface area contributed by atoms with Crippen LogP contribution in [0.2, 0.25) is 0 Å². The molecular weight excluding hydrogens is 1300 g/mol. The summed E-state index contributed by atoms with van der Waals surface area (Å²) in [6.07, 6.45) is 18.4. The number of anilines is 12. The summed E-state index contributed by atoms with van der Waals surface area (Å²) in [5.74, 6) is 5.24. The van der Waals surface area contributed by atoms with E-state index in [4.69, 9.17) is 0 Å². The maximum absolute atomic E-state index is 2.61. The summed E-state index contributed by atoms with van der Waals surface area (Å²) >= 11 is 1.89. The number of fused-ring (bicyclic) bond motifs is 4. The van der Waals surface area contributed by atoms with Crippen molar-refractivity contribution in [2.45, 2.75) is 107 Å². The van der Waals surface area contributed by atoms with Gasteiger partial charge in [0, 0.05) is 88.3 Å². The molecular formula is C101H88N4S. The zero-order valence-electron chi connectivity index (χ0n) is 60.2. The maximum atomic E-state index is 2.61. The molecule has 9 aliphatic carbocycles. The van der Waals surface area contributed by atoms with Gasteiger partial charge in [-0.05, 0) is 326 Å². The molecule has 1 aromatic heterocycles. The number of benzene rings is 13. The van der Waals surface area contributed by atoms with Gasteiger partial charge in [-0.15, -0.1) is 11.3 Å². The highest BCUT2D eigenvalue weighted by Gasteiger charge is 2.56. The van der Waals surface area contributed by atoms with Crippen LogP contribution in [0.4, 0.5) is 68.2 Å². The molecule has 0 amide bonds. The first-order chi connectivity index (χ1) is 52.3. The molecule has 0 N–H and O–H groups in total. The summed E-state index contributed by atoms with van der Waals surface area (Å²) in [5.41, 5.74) is 27.0. The average Bonchev–Trinajstić information content (AvgIpc) is 0.885. The molecule has 8 saturated carbocycles. The lowest BCUT2D eigenvalue weighted by atomic mass is 9.44. The van der Waals surface area contributed by atoms with Crippen LogP contribution in [-0.4, -0.2) is 0 Å². The van der Waals surface area contributed by atoms with Crippen molar-refractivity contribution in [3.63, 3.8) is 0 Å². The van der Waals surface area contributed by atoms with Gasteiger partial charge < -0.3 is 19.6 Å². The SMILES string of the molecule is c1ccc(-c2ccc(N(c3ccc(N(c4ccc5c(c4)sc4ccccc45)c4ccccc4-c4cccc(C5C6CC7CC5CC(c5ccc(N(c8ccccc8)c8cccc(N(c9ccccc9)c9ccc%10c(c9)CCC%10)c8)cc5)(C7)C6)c4)cc3)c3ccc(C45CC6CC(CC(C6)C4)C5)cc3)cc2)cc1. The van der Waals surface area contributed by atoms with Crippen molar-refractivity contribution < 1.29 is 0 Å². The molecule has 8 bridgehead atoms. The molecule has 9 aliphatic rings. The van der Waals surface area contributed by atoms with Gasteiger partial charge in [0.2, 0.25) is 0 Å². The fraction of sp³-hybridized carbons (Fsp3) is 0.228. The Morgan fingerprint density at radius 3 is 1.34 bits per heavy atom. The Morgan fingerprint density at radius 2 is 0.698 bits per heavy atom. The Balaban J connectivity index is 0.598. The molecule has 0 spiro atoms. The fourth-order valence-corrected chi connectivity index (χ4v) is 23.7. The largest absolute Gasteiger partial charge is 0.311 e. The van der Waals surface area contributed by atoms with E-state index in [0.717, 1.165) is 75.6 Å². The fourth-order valence-electron chi connectivity index (χ4n) is 22.6. The van der Waals surface area contributed by atoms with Crippen molar-refractivity contribution in [3.8, 4) is 22.3 Å². The van der Waals surface area contributed by atoms with Crippen LogP contribution in [0.15, 0.2) is 322 Å². The minimum absolute atomic E-state index is 0.174. The first-order valence-electron chi connectivity index (χ1n) is 39.4. The number of hydrogen-bond donors (Lipinski definition) is 0. The topological polar surface area (TPSA) is 13.0 Å². The molecule has 1 heterocycles. The van der Waals surface area contributed by atoms with Gasteiger partial charge in [-0.3, -0.25) is 0 Å². The van der Waals surface area contributed by atoms with Crippen molar-refractivity contribution in [2.24, 2.45) is 35.5 Å². The van der Waals surface area contributed by atoms with Crippen molar-refractivity contribution in [2.75, 3.05) is 19.6 Å². The van der Waals surface area contributed by atoms with Crippen LogP contribution in [-0.2, 0) is 23.7 Å². The minimum Gasteiger partial charge on any atom is -0.311 e. The molecule has 106 heavy (non-hydrogen) atoms. The van der Waals surface area contributed by atoms with Crippen LogP contribution in [0.5, 0.6) is 0 Å². The minimum atomic E-state index is 0.174.